The molecule has 0 aromatic heterocycles. The summed E-state index contributed by atoms with van der Waals surface area (Å²) >= 11 is 0. The van der Waals surface area contributed by atoms with Crippen LogP contribution in [-0.2, 0) is 4.74 Å². The number of likely N-dealkylation sites (N-methyl/N-ethyl adjacent to an activating group) is 2. The van der Waals surface area contributed by atoms with Gasteiger partial charge in [0.25, 0.3) is 0 Å². The molecule has 0 aromatic carbocycles. The SMILES string of the molecule is CC.CCCCC1C(CN(C)CC(C)C)OCCN1C. The molecule has 1 heterocycles. The third-order valence-electron chi connectivity index (χ3n) is 3.79. The largest absolute Gasteiger partial charge is 0.374 e. The van der Waals surface area contributed by atoms with Crippen molar-refractivity contribution in [3.63, 3.8) is 0 Å². The molecule has 0 N–H and O–H groups in total. The van der Waals surface area contributed by atoms with Crippen LogP contribution in [0.25, 0.3) is 0 Å². The topological polar surface area (TPSA) is 15.7 Å². The molecule has 3 nitrogen and oxygen atoms in total. The fourth-order valence-corrected chi connectivity index (χ4v) is 2.91. The van der Waals surface area contributed by atoms with E-state index in [9.17, 15) is 0 Å². The second kappa shape index (κ2) is 11.5. The summed E-state index contributed by atoms with van der Waals surface area (Å²) in [6.45, 7) is 15.0. The average Bonchev–Trinajstić information content (AvgIpc) is 2.39. The summed E-state index contributed by atoms with van der Waals surface area (Å²) in [4.78, 5) is 4.92. The Morgan fingerprint density at radius 2 is 1.95 bits per heavy atom. The summed E-state index contributed by atoms with van der Waals surface area (Å²) in [7, 11) is 4.47. The van der Waals surface area contributed by atoms with Crippen LogP contribution in [0.1, 0.15) is 53.9 Å². The second-order valence-corrected chi connectivity index (χ2v) is 6.21. The predicted octanol–water partition coefficient (Wildman–Crippen LogP) is 3.49. The molecule has 2 unspecified atom stereocenters. The Kier molecular flexibility index (Phi) is 11.5. The van der Waals surface area contributed by atoms with Gasteiger partial charge in [0.15, 0.2) is 0 Å². The van der Waals surface area contributed by atoms with Crippen molar-refractivity contribution in [2.24, 2.45) is 5.92 Å². The molecule has 1 aliphatic heterocycles. The van der Waals surface area contributed by atoms with Gasteiger partial charge in [0.2, 0.25) is 0 Å². The maximum absolute atomic E-state index is 6.03. The van der Waals surface area contributed by atoms with Gasteiger partial charge in [-0.25, -0.2) is 0 Å². The lowest BCUT2D eigenvalue weighted by molar-refractivity contribution is -0.0752. The van der Waals surface area contributed by atoms with Gasteiger partial charge < -0.3 is 9.64 Å². The monoisotopic (exact) mass is 286 g/mol. The summed E-state index contributed by atoms with van der Waals surface area (Å²) in [6.07, 6.45) is 4.24. The third-order valence-corrected chi connectivity index (χ3v) is 3.79. The van der Waals surface area contributed by atoms with Crippen LogP contribution >= 0.6 is 0 Å². The number of ether oxygens (including phenoxy) is 1. The van der Waals surface area contributed by atoms with Gasteiger partial charge in [-0.3, -0.25) is 4.90 Å². The smallest absolute Gasteiger partial charge is 0.0857 e. The van der Waals surface area contributed by atoms with Crippen LogP contribution in [0.2, 0.25) is 0 Å². The summed E-state index contributed by atoms with van der Waals surface area (Å²) in [6, 6.07) is 0.605. The molecule has 122 valence electrons. The van der Waals surface area contributed by atoms with Gasteiger partial charge in [-0.2, -0.15) is 0 Å². The zero-order valence-electron chi connectivity index (χ0n) is 15.0. The molecule has 0 aliphatic carbocycles. The molecule has 0 bridgehead atoms. The van der Waals surface area contributed by atoms with Crippen LogP contribution in [0.3, 0.4) is 0 Å². The van der Waals surface area contributed by atoms with E-state index in [0.717, 1.165) is 32.2 Å². The van der Waals surface area contributed by atoms with Gasteiger partial charge in [-0.05, 0) is 26.4 Å². The molecular formula is C17H38N2O. The minimum atomic E-state index is 0.388. The number of rotatable bonds is 7. The van der Waals surface area contributed by atoms with Crippen LogP contribution in [-0.4, -0.2) is 62.3 Å². The van der Waals surface area contributed by atoms with Crippen LogP contribution in [0.4, 0.5) is 0 Å². The van der Waals surface area contributed by atoms with Crippen LogP contribution in [0.15, 0.2) is 0 Å². The summed E-state index contributed by atoms with van der Waals surface area (Å²) in [5, 5.41) is 0. The molecule has 0 aromatic rings. The first-order chi connectivity index (χ1) is 9.54. The van der Waals surface area contributed by atoms with Crippen molar-refractivity contribution in [1.82, 2.24) is 9.80 Å². The van der Waals surface area contributed by atoms with E-state index in [0.29, 0.717) is 12.1 Å². The average molecular weight is 287 g/mol. The Morgan fingerprint density at radius 1 is 1.30 bits per heavy atom. The Balaban J connectivity index is 0.00000172. The van der Waals surface area contributed by atoms with Gasteiger partial charge in [-0.15, -0.1) is 0 Å². The Bertz CT molecular complexity index is 221. The van der Waals surface area contributed by atoms with Gasteiger partial charge in [0, 0.05) is 25.7 Å². The molecular weight excluding hydrogens is 248 g/mol. The first-order valence-corrected chi connectivity index (χ1v) is 8.55. The highest BCUT2D eigenvalue weighted by molar-refractivity contribution is 4.84. The molecule has 1 rings (SSSR count). The minimum Gasteiger partial charge on any atom is -0.374 e. The Hall–Kier alpha value is -0.120. The van der Waals surface area contributed by atoms with E-state index < -0.39 is 0 Å². The molecule has 1 fully saturated rings. The van der Waals surface area contributed by atoms with Gasteiger partial charge in [0.05, 0.1) is 12.7 Å². The minimum absolute atomic E-state index is 0.388. The molecule has 0 amide bonds. The summed E-state index contributed by atoms with van der Waals surface area (Å²) in [5.74, 6) is 0.727. The lowest BCUT2D eigenvalue weighted by Crippen LogP contribution is -2.53. The van der Waals surface area contributed by atoms with Crippen LogP contribution < -0.4 is 0 Å². The maximum Gasteiger partial charge on any atom is 0.0857 e. The Labute approximate surface area is 127 Å². The first kappa shape index (κ1) is 19.9. The first-order valence-electron chi connectivity index (χ1n) is 8.55. The van der Waals surface area contributed by atoms with Crippen molar-refractivity contribution >= 4 is 0 Å². The lowest BCUT2D eigenvalue weighted by atomic mass is 10.0. The van der Waals surface area contributed by atoms with Crippen LogP contribution in [0.5, 0.6) is 0 Å². The van der Waals surface area contributed by atoms with Crippen molar-refractivity contribution in [2.45, 2.75) is 66.0 Å². The molecule has 1 aliphatic rings. The van der Waals surface area contributed by atoms with Crippen molar-refractivity contribution < 1.29 is 4.74 Å². The normalized spacial score (nSPS) is 23.9. The molecule has 20 heavy (non-hydrogen) atoms. The van der Waals surface area contributed by atoms with Gasteiger partial charge in [-0.1, -0.05) is 47.5 Å². The van der Waals surface area contributed by atoms with Gasteiger partial charge in [0.1, 0.15) is 0 Å². The van der Waals surface area contributed by atoms with Crippen LogP contribution in [0, 0.1) is 5.92 Å². The highest BCUT2D eigenvalue weighted by atomic mass is 16.5. The van der Waals surface area contributed by atoms with Crippen molar-refractivity contribution in [1.29, 1.82) is 0 Å². The molecule has 2 atom stereocenters. The van der Waals surface area contributed by atoms with E-state index in [1.807, 2.05) is 13.8 Å². The third kappa shape index (κ3) is 7.61. The highest BCUT2D eigenvalue weighted by Gasteiger charge is 2.30. The van der Waals surface area contributed by atoms with Crippen molar-refractivity contribution in [3.8, 4) is 0 Å². The summed E-state index contributed by atoms with van der Waals surface area (Å²) in [5.41, 5.74) is 0. The van der Waals surface area contributed by atoms with Gasteiger partial charge >= 0.3 is 0 Å². The van der Waals surface area contributed by atoms with Crippen molar-refractivity contribution in [3.05, 3.63) is 0 Å². The molecule has 0 radical (unpaired) electrons. The van der Waals surface area contributed by atoms with E-state index in [-0.39, 0.29) is 0 Å². The van der Waals surface area contributed by atoms with E-state index >= 15 is 0 Å². The fraction of sp³-hybridized carbons (Fsp3) is 1.00. The van der Waals surface area contributed by atoms with E-state index in [2.05, 4.69) is 44.7 Å². The quantitative estimate of drug-likeness (QED) is 0.712. The molecule has 3 heteroatoms. The highest BCUT2D eigenvalue weighted by Crippen LogP contribution is 2.19. The molecule has 0 saturated carbocycles. The Morgan fingerprint density at radius 3 is 2.50 bits per heavy atom. The zero-order chi connectivity index (χ0) is 15.5. The van der Waals surface area contributed by atoms with Crippen molar-refractivity contribution in [2.75, 3.05) is 40.3 Å². The maximum atomic E-state index is 6.03. The lowest BCUT2D eigenvalue weighted by Gasteiger charge is -2.41. The standard InChI is InChI=1S/C15H32N2O.C2H6/c1-6-7-8-14-15(18-10-9-17(14)5)12-16(4)11-13(2)3;1-2/h13-15H,6-12H2,1-5H3;1-2H3. The van der Waals surface area contributed by atoms with E-state index in [4.69, 9.17) is 4.74 Å². The fourth-order valence-electron chi connectivity index (χ4n) is 2.91. The van der Waals surface area contributed by atoms with E-state index in [1.54, 1.807) is 0 Å². The van der Waals surface area contributed by atoms with E-state index in [1.165, 1.54) is 19.3 Å². The second-order valence-electron chi connectivity index (χ2n) is 6.21. The number of hydrogen-bond donors (Lipinski definition) is 0. The molecule has 1 saturated heterocycles. The predicted molar refractivity (Wildman–Crippen MR) is 89.4 cm³/mol. The number of unbranched alkanes of at least 4 members (excludes halogenated alkanes) is 1. The number of morpholine rings is 1. The number of hydrogen-bond acceptors (Lipinski definition) is 3. The zero-order valence-corrected chi connectivity index (χ0v) is 15.0. The number of nitrogens with zero attached hydrogens (tertiary/aromatic N) is 2. The summed E-state index contributed by atoms with van der Waals surface area (Å²) < 4.78 is 6.03. The molecule has 0 spiro atoms.